The molecule has 1 saturated carbocycles. The smallest absolute Gasteiger partial charge is 0.0743 e. The maximum atomic E-state index is 10.1. The van der Waals surface area contributed by atoms with Crippen molar-refractivity contribution in [2.45, 2.75) is 57.1 Å². The van der Waals surface area contributed by atoms with Gasteiger partial charge in [0.2, 0.25) is 0 Å². The van der Waals surface area contributed by atoms with E-state index in [1.807, 2.05) is 25.1 Å². The number of aliphatic hydroxyl groups is 1. The molecule has 0 bridgehead atoms. The summed E-state index contributed by atoms with van der Waals surface area (Å²) < 4.78 is 0. The summed E-state index contributed by atoms with van der Waals surface area (Å²) in [6, 6.07) is 8.63. The Kier molecular flexibility index (Phi) is 4.88. The van der Waals surface area contributed by atoms with Crippen LogP contribution in [0.5, 0.6) is 0 Å². The van der Waals surface area contributed by atoms with Crippen molar-refractivity contribution in [1.29, 1.82) is 0 Å². The molecule has 0 aliphatic heterocycles. The fourth-order valence-corrected chi connectivity index (χ4v) is 3.13. The fraction of sp³-hybridized carbons (Fsp3) is 0.625. The summed E-state index contributed by atoms with van der Waals surface area (Å²) in [5.74, 6) is 0.572. The Hall–Kier alpha value is -0.570. The molecule has 1 atom stereocenters. The zero-order valence-corrected chi connectivity index (χ0v) is 12.6. The first kappa shape index (κ1) is 14.8. The lowest BCUT2D eigenvalue weighted by Crippen LogP contribution is -2.47. The maximum absolute atomic E-state index is 10.1. The first-order valence-corrected chi connectivity index (χ1v) is 7.60. The van der Waals surface area contributed by atoms with Gasteiger partial charge >= 0.3 is 0 Å². The second-order valence-electron chi connectivity index (χ2n) is 6.01. The fourth-order valence-electron chi connectivity index (χ4n) is 2.84. The number of halogens is 1. The van der Waals surface area contributed by atoms with Gasteiger partial charge < -0.3 is 10.4 Å². The molecule has 0 amide bonds. The molecular weight excluding hydrogens is 258 g/mol. The summed E-state index contributed by atoms with van der Waals surface area (Å²) >= 11 is 6.21. The van der Waals surface area contributed by atoms with Crippen LogP contribution >= 0.6 is 11.6 Å². The van der Waals surface area contributed by atoms with Gasteiger partial charge in [0.25, 0.3) is 0 Å². The predicted molar refractivity (Wildman–Crippen MR) is 80.7 cm³/mol. The second kappa shape index (κ2) is 6.25. The Bertz CT molecular complexity index is 413. The molecule has 1 aromatic carbocycles. The van der Waals surface area contributed by atoms with E-state index >= 15 is 0 Å². The molecule has 106 valence electrons. The average molecular weight is 282 g/mol. The first-order valence-electron chi connectivity index (χ1n) is 7.22. The molecule has 1 aliphatic carbocycles. The van der Waals surface area contributed by atoms with E-state index in [9.17, 15) is 5.11 Å². The van der Waals surface area contributed by atoms with Crippen LogP contribution in [0.4, 0.5) is 0 Å². The van der Waals surface area contributed by atoms with Crippen LogP contribution in [0, 0.1) is 0 Å². The van der Waals surface area contributed by atoms with Crippen LogP contribution in [-0.2, 0) is 0 Å². The van der Waals surface area contributed by atoms with Crippen LogP contribution in [0.1, 0.15) is 51.0 Å². The third-order valence-electron chi connectivity index (χ3n) is 4.04. The van der Waals surface area contributed by atoms with E-state index in [4.69, 9.17) is 11.6 Å². The Balaban J connectivity index is 1.77. The van der Waals surface area contributed by atoms with Crippen LogP contribution in [0.3, 0.4) is 0 Å². The Morgan fingerprint density at radius 3 is 2.68 bits per heavy atom. The van der Waals surface area contributed by atoms with E-state index in [1.165, 1.54) is 5.56 Å². The highest BCUT2D eigenvalue weighted by Crippen LogP contribution is 2.39. The average Bonchev–Trinajstić information content (AvgIpc) is 2.29. The molecule has 3 heteroatoms. The van der Waals surface area contributed by atoms with E-state index in [2.05, 4.69) is 18.3 Å². The van der Waals surface area contributed by atoms with Gasteiger partial charge in [-0.15, -0.1) is 0 Å². The Morgan fingerprint density at radius 1 is 1.37 bits per heavy atom. The SMILES string of the molecule is CCCC(C)(O)CNC1CC(c2ccccc2Cl)C1. The minimum Gasteiger partial charge on any atom is -0.389 e. The molecule has 1 aliphatic rings. The van der Waals surface area contributed by atoms with Crippen molar-refractivity contribution in [2.24, 2.45) is 0 Å². The van der Waals surface area contributed by atoms with E-state index in [-0.39, 0.29) is 0 Å². The largest absolute Gasteiger partial charge is 0.389 e. The van der Waals surface area contributed by atoms with Crippen molar-refractivity contribution >= 4 is 11.6 Å². The summed E-state index contributed by atoms with van der Waals surface area (Å²) in [7, 11) is 0. The van der Waals surface area contributed by atoms with Crippen LogP contribution in [0.25, 0.3) is 0 Å². The molecule has 1 aromatic rings. The standard InChI is InChI=1S/C16H24ClNO/c1-3-8-16(2,19)11-18-13-9-12(10-13)14-6-4-5-7-15(14)17/h4-7,12-13,18-19H,3,8-11H2,1-2H3. The number of nitrogens with one attached hydrogen (secondary N) is 1. The lowest BCUT2D eigenvalue weighted by atomic mass is 9.75. The summed E-state index contributed by atoms with van der Waals surface area (Å²) in [4.78, 5) is 0. The molecule has 1 fully saturated rings. The topological polar surface area (TPSA) is 32.3 Å². The van der Waals surface area contributed by atoms with Gasteiger partial charge in [-0.05, 0) is 43.7 Å². The first-order chi connectivity index (χ1) is 9.02. The molecular formula is C16H24ClNO. The van der Waals surface area contributed by atoms with Gasteiger partial charge in [-0.2, -0.15) is 0 Å². The molecule has 2 N–H and O–H groups in total. The monoisotopic (exact) mass is 281 g/mol. The third-order valence-corrected chi connectivity index (χ3v) is 4.39. The Morgan fingerprint density at radius 2 is 2.05 bits per heavy atom. The van der Waals surface area contributed by atoms with Gasteiger partial charge in [0.1, 0.15) is 0 Å². The molecule has 0 radical (unpaired) electrons. The van der Waals surface area contributed by atoms with Crippen LogP contribution in [0.2, 0.25) is 5.02 Å². The van der Waals surface area contributed by atoms with Gasteiger partial charge in [0.05, 0.1) is 5.60 Å². The van der Waals surface area contributed by atoms with E-state index in [1.54, 1.807) is 0 Å². The summed E-state index contributed by atoms with van der Waals surface area (Å²) in [5, 5.41) is 14.5. The maximum Gasteiger partial charge on any atom is 0.0743 e. The van der Waals surface area contributed by atoms with Gasteiger partial charge in [0.15, 0.2) is 0 Å². The van der Waals surface area contributed by atoms with Gasteiger partial charge in [-0.1, -0.05) is 43.1 Å². The summed E-state index contributed by atoms with van der Waals surface area (Å²) in [5.41, 5.74) is 0.687. The molecule has 0 saturated heterocycles. The van der Waals surface area contributed by atoms with Crippen molar-refractivity contribution in [3.05, 3.63) is 34.9 Å². The molecule has 2 rings (SSSR count). The highest BCUT2D eigenvalue weighted by atomic mass is 35.5. The molecule has 19 heavy (non-hydrogen) atoms. The number of benzene rings is 1. The summed E-state index contributed by atoms with van der Waals surface area (Å²) in [6.07, 6.45) is 4.10. The Labute approximate surface area is 121 Å². The van der Waals surface area contributed by atoms with Crippen LogP contribution in [0.15, 0.2) is 24.3 Å². The normalized spacial score (nSPS) is 25.7. The molecule has 2 nitrogen and oxygen atoms in total. The van der Waals surface area contributed by atoms with Crippen molar-refractivity contribution in [2.75, 3.05) is 6.54 Å². The van der Waals surface area contributed by atoms with Gasteiger partial charge in [-0.3, -0.25) is 0 Å². The predicted octanol–water partition coefficient (Wildman–Crippen LogP) is 3.73. The van der Waals surface area contributed by atoms with Crippen molar-refractivity contribution in [3.8, 4) is 0 Å². The van der Waals surface area contributed by atoms with Crippen LogP contribution in [-0.4, -0.2) is 23.3 Å². The molecule has 0 aromatic heterocycles. The molecule has 1 unspecified atom stereocenters. The summed E-state index contributed by atoms with van der Waals surface area (Å²) in [6.45, 7) is 4.69. The molecule has 0 heterocycles. The quantitative estimate of drug-likeness (QED) is 0.833. The number of hydrogen-bond acceptors (Lipinski definition) is 2. The van der Waals surface area contributed by atoms with E-state index < -0.39 is 5.60 Å². The van der Waals surface area contributed by atoms with E-state index in [0.29, 0.717) is 18.5 Å². The number of rotatable bonds is 6. The van der Waals surface area contributed by atoms with Crippen molar-refractivity contribution < 1.29 is 5.11 Å². The van der Waals surface area contributed by atoms with Crippen molar-refractivity contribution in [3.63, 3.8) is 0 Å². The lowest BCUT2D eigenvalue weighted by molar-refractivity contribution is 0.0428. The minimum atomic E-state index is -0.579. The zero-order chi connectivity index (χ0) is 13.9. The lowest BCUT2D eigenvalue weighted by Gasteiger charge is -2.38. The van der Waals surface area contributed by atoms with Gasteiger partial charge in [0, 0.05) is 17.6 Å². The second-order valence-corrected chi connectivity index (χ2v) is 6.42. The van der Waals surface area contributed by atoms with Crippen molar-refractivity contribution in [1.82, 2.24) is 5.32 Å². The van der Waals surface area contributed by atoms with E-state index in [0.717, 1.165) is 30.7 Å². The number of hydrogen-bond donors (Lipinski definition) is 2. The third kappa shape index (κ3) is 3.95. The zero-order valence-electron chi connectivity index (χ0n) is 11.8. The highest BCUT2D eigenvalue weighted by molar-refractivity contribution is 6.31. The highest BCUT2D eigenvalue weighted by Gasteiger charge is 2.32. The molecule has 0 spiro atoms. The minimum absolute atomic E-state index is 0.518. The van der Waals surface area contributed by atoms with Gasteiger partial charge in [-0.25, -0.2) is 0 Å². The van der Waals surface area contributed by atoms with Crippen LogP contribution < -0.4 is 5.32 Å².